The minimum atomic E-state index is 0.698. The van der Waals surface area contributed by atoms with Gasteiger partial charge in [-0.05, 0) is 37.5 Å². The lowest BCUT2D eigenvalue weighted by Gasteiger charge is -2.11. The van der Waals surface area contributed by atoms with Gasteiger partial charge in [-0.2, -0.15) is 0 Å². The van der Waals surface area contributed by atoms with Gasteiger partial charge in [-0.3, -0.25) is 0 Å². The average molecular weight is 374 g/mol. The van der Waals surface area contributed by atoms with E-state index in [1.807, 2.05) is 24.3 Å². The van der Waals surface area contributed by atoms with E-state index in [2.05, 4.69) is 42.7 Å². The molecular formula is C23H26N4O. The number of aryl methyl sites for hydroxylation is 2. The van der Waals surface area contributed by atoms with Crippen LogP contribution in [0.1, 0.15) is 31.7 Å². The Morgan fingerprint density at radius 2 is 1.57 bits per heavy atom. The highest BCUT2D eigenvalue weighted by Crippen LogP contribution is 2.27. The van der Waals surface area contributed by atoms with E-state index in [0.717, 1.165) is 67.1 Å². The summed E-state index contributed by atoms with van der Waals surface area (Å²) in [4.78, 5) is 14.5. The van der Waals surface area contributed by atoms with Crippen molar-refractivity contribution in [2.45, 2.75) is 39.7 Å². The zero-order chi connectivity index (χ0) is 19.3. The van der Waals surface area contributed by atoms with Crippen molar-refractivity contribution in [3.05, 3.63) is 54.1 Å². The predicted octanol–water partition coefficient (Wildman–Crippen LogP) is 5.16. The monoisotopic (exact) mass is 374 g/mol. The van der Waals surface area contributed by atoms with Crippen molar-refractivity contribution in [1.82, 2.24) is 19.5 Å². The summed E-state index contributed by atoms with van der Waals surface area (Å²) in [6, 6.07) is 16.3. The number of nitrogens with zero attached hydrogens (tertiary/aromatic N) is 4. The van der Waals surface area contributed by atoms with E-state index in [1.54, 1.807) is 0 Å². The number of fused-ring (bicyclic) bond motifs is 2. The first kappa shape index (κ1) is 18.6. The van der Waals surface area contributed by atoms with Crippen molar-refractivity contribution in [3.63, 3.8) is 0 Å². The van der Waals surface area contributed by atoms with Gasteiger partial charge in [0.1, 0.15) is 5.82 Å². The summed E-state index contributed by atoms with van der Waals surface area (Å²) < 4.78 is 7.95. The Labute approximate surface area is 165 Å². The van der Waals surface area contributed by atoms with E-state index in [4.69, 9.17) is 19.7 Å². The van der Waals surface area contributed by atoms with Gasteiger partial charge >= 0.3 is 0 Å². The third-order valence-corrected chi connectivity index (χ3v) is 4.96. The van der Waals surface area contributed by atoms with Gasteiger partial charge < -0.3 is 9.30 Å². The Hall–Kier alpha value is -2.79. The van der Waals surface area contributed by atoms with Gasteiger partial charge in [0.2, 0.25) is 0 Å². The van der Waals surface area contributed by atoms with Gasteiger partial charge in [0, 0.05) is 25.3 Å². The molecule has 0 fully saturated rings. The summed E-state index contributed by atoms with van der Waals surface area (Å²) in [5, 5.41) is 0. The fourth-order valence-corrected chi connectivity index (χ4v) is 3.41. The number of benzene rings is 2. The normalized spacial score (nSPS) is 11.5. The van der Waals surface area contributed by atoms with E-state index in [-0.39, 0.29) is 0 Å². The molecule has 0 aliphatic carbocycles. The second-order valence-corrected chi connectivity index (χ2v) is 7.08. The fraction of sp³-hybridized carbons (Fsp3) is 0.348. The highest BCUT2D eigenvalue weighted by Gasteiger charge is 2.17. The number of aromatic nitrogens is 4. The Morgan fingerprint density at radius 1 is 0.857 bits per heavy atom. The summed E-state index contributed by atoms with van der Waals surface area (Å²) in [6.07, 6.45) is 3.19. The van der Waals surface area contributed by atoms with Crippen LogP contribution in [0, 0.1) is 6.92 Å². The minimum absolute atomic E-state index is 0.698. The maximum atomic E-state index is 5.75. The molecule has 2 aromatic heterocycles. The Kier molecular flexibility index (Phi) is 5.63. The van der Waals surface area contributed by atoms with Gasteiger partial charge in [0.05, 0.1) is 11.0 Å². The van der Waals surface area contributed by atoms with Crippen molar-refractivity contribution < 1.29 is 4.74 Å². The Bertz CT molecular complexity index is 1090. The predicted molar refractivity (Wildman–Crippen MR) is 113 cm³/mol. The summed E-state index contributed by atoms with van der Waals surface area (Å²) in [5.41, 5.74) is 5.63. The van der Waals surface area contributed by atoms with Crippen LogP contribution in [-0.4, -0.2) is 32.7 Å². The van der Waals surface area contributed by atoms with Crippen LogP contribution in [-0.2, 0) is 11.3 Å². The van der Waals surface area contributed by atoms with Crippen LogP contribution in [0.3, 0.4) is 0 Å². The second kappa shape index (κ2) is 8.48. The number of unbranched alkanes of at least 4 members (excludes halogenated alkanes) is 1. The molecule has 0 aliphatic heterocycles. The molecule has 0 aliphatic rings. The third-order valence-electron chi connectivity index (χ3n) is 4.96. The number of ether oxygens (including phenoxy) is 1. The molecule has 4 rings (SSSR count). The highest BCUT2D eigenvalue weighted by molar-refractivity contribution is 5.85. The molecule has 0 bridgehead atoms. The lowest BCUT2D eigenvalue weighted by Crippen LogP contribution is -2.06. The first-order chi connectivity index (χ1) is 13.8. The molecule has 0 radical (unpaired) electrons. The number of hydrogen-bond donors (Lipinski definition) is 0. The van der Waals surface area contributed by atoms with E-state index < -0.39 is 0 Å². The summed E-state index contributed by atoms with van der Waals surface area (Å²) in [6.45, 7) is 6.67. The molecule has 2 aromatic carbocycles. The molecule has 0 amide bonds. The summed E-state index contributed by atoms with van der Waals surface area (Å²) in [7, 11) is 0. The maximum Gasteiger partial charge on any atom is 0.198 e. The average Bonchev–Trinajstić information content (AvgIpc) is 3.06. The summed E-state index contributed by atoms with van der Waals surface area (Å²) >= 11 is 0. The molecule has 28 heavy (non-hydrogen) atoms. The van der Waals surface area contributed by atoms with E-state index in [9.17, 15) is 0 Å². The van der Waals surface area contributed by atoms with E-state index in [0.29, 0.717) is 5.65 Å². The fourth-order valence-electron chi connectivity index (χ4n) is 3.41. The van der Waals surface area contributed by atoms with Gasteiger partial charge in [-0.1, -0.05) is 49.7 Å². The smallest absolute Gasteiger partial charge is 0.198 e. The maximum absolute atomic E-state index is 5.75. The van der Waals surface area contributed by atoms with Gasteiger partial charge in [-0.25, -0.2) is 15.0 Å². The van der Waals surface area contributed by atoms with E-state index >= 15 is 0 Å². The third kappa shape index (κ3) is 3.76. The molecule has 5 heteroatoms. The molecule has 4 aromatic rings. The molecule has 2 heterocycles. The molecule has 0 atom stereocenters. The lowest BCUT2D eigenvalue weighted by molar-refractivity contribution is 0.126. The molecular weight excluding hydrogens is 348 g/mol. The van der Waals surface area contributed by atoms with E-state index in [1.165, 1.54) is 5.56 Å². The molecule has 0 unspecified atom stereocenters. The molecule has 0 N–H and O–H groups in total. The van der Waals surface area contributed by atoms with Crippen molar-refractivity contribution in [3.8, 4) is 11.4 Å². The molecule has 0 saturated heterocycles. The minimum Gasteiger partial charge on any atom is -0.381 e. The molecule has 5 nitrogen and oxygen atoms in total. The largest absolute Gasteiger partial charge is 0.381 e. The zero-order valence-electron chi connectivity index (χ0n) is 16.6. The van der Waals surface area contributed by atoms with Gasteiger partial charge in [0.15, 0.2) is 11.3 Å². The van der Waals surface area contributed by atoms with Crippen molar-refractivity contribution in [1.29, 1.82) is 0 Å². The number of rotatable bonds is 8. The second-order valence-electron chi connectivity index (χ2n) is 7.08. The van der Waals surface area contributed by atoms with Crippen LogP contribution in [0.15, 0.2) is 48.5 Å². The first-order valence-corrected chi connectivity index (χ1v) is 10.0. The van der Waals surface area contributed by atoms with Gasteiger partial charge in [-0.15, -0.1) is 0 Å². The van der Waals surface area contributed by atoms with Crippen molar-refractivity contribution >= 4 is 22.3 Å². The standard InChI is InChI=1S/C23H26N4O/c1-3-4-15-28-16-9-14-27-22(18-11-6-5-10-17(18)2)26-21-23(27)25-20-13-8-7-12-19(20)24-21/h5-8,10-13H,3-4,9,14-16H2,1-2H3. The van der Waals surface area contributed by atoms with Crippen LogP contribution >= 0.6 is 0 Å². The lowest BCUT2D eigenvalue weighted by atomic mass is 10.1. The highest BCUT2D eigenvalue weighted by atomic mass is 16.5. The molecule has 0 spiro atoms. The number of imidazole rings is 1. The Morgan fingerprint density at radius 3 is 2.36 bits per heavy atom. The summed E-state index contributed by atoms with van der Waals surface area (Å²) in [5.74, 6) is 0.928. The van der Waals surface area contributed by atoms with Crippen LogP contribution in [0.2, 0.25) is 0 Å². The number of hydrogen-bond acceptors (Lipinski definition) is 4. The number of para-hydroxylation sites is 2. The van der Waals surface area contributed by atoms with Crippen LogP contribution in [0.4, 0.5) is 0 Å². The Balaban J connectivity index is 1.73. The molecule has 0 saturated carbocycles. The van der Waals surface area contributed by atoms with Crippen LogP contribution < -0.4 is 0 Å². The topological polar surface area (TPSA) is 52.8 Å². The van der Waals surface area contributed by atoms with Crippen molar-refractivity contribution in [2.24, 2.45) is 0 Å². The van der Waals surface area contributed by atoms with Crippen LogP contribution in [0.25, 0.3) is 33.7 Å². The quantitative estimate of drug-likeness (QED) is 0.400. The zero-order valence-corrected chi connectivity index (χ0v) is 16.6. The SMILES string of the molecule is CCCCOCCCn1c(-c2ccccc2C)nc2nc3ccccc3nc21. The van der Waals surface area contributed by atoms with Gasteiger partial charge in [0.25, 0.3) is 0 Å². The van der Waals surface area contributed by atoms with Crippen molar-refractivity contribution in [2.75, 3.05) is 13.2 Å². The first-order valence-electron chi connectivity index (χ1n) is 10.0. The van der Waals surface area contributed by atoms with Crippen LogP contribution in [0.5, 0.6) is 0 Å². The molecule has 144 valence electrons.